The molecule has 2 aromatic rings. The van der Waals surface area contributed by atoms with Crippen molar-refractivity contribution < 1.29 is 19.1 Å². The van der Waals surface area contributed by atoms with Gasteiger partial charge < -0.3 is 19.1 Å². The van der Waals surface area contributed by atoms with E-state index in [-0.39, 0.29) is 23.6 Å². The number of ether oxygens (including phenoxy) is 1. The maximum atomic E-state index is 12.4. The predicted molar refractivity (Wildman–Crippen MR) is 112 cm³/mol. The SMILES string of the molecule is CCN(CC)C(=O)CN(C)C(=O)COC(=O)c1ccc2c(c1)nc(C)c(=O)n2CC. The van der Waals surface area contributed by atoms with Crippen molar-refractivity contribution in [2.75, 3.05) is 33.3 Å². The molecule has 2 rings (SSSR count). The molecule has 9 nitrogen and oxygen atoms in total. The molecule has 0 bridgehead atoms. The van der Waals surface area contributed by atoms with E-state index in [0.29, 0.717) is 36.4 Å². The lowest BCUT2D eigenvalue weighted by Gasteiger charge is -2.23. The average molecular weight is 416 g/mol. The van der Waals surface area contributed by atoms with Crippen LogP contribution in [0.2, 0.25) is 0 Å². The maximum Gasteiger partial charge on any atom is 0.338 e. The molecule has 162 valence electrons. The highest BCUT2D eigenvalue weighted by atomic mass is 16.5. The van der Waals surface area contributed by atoms with Gasteiger partial charge in [0, 0.05) is 26.7 Å². The van der Waals surface area contributed by atoms with Crippen LogP contribution in [0.3, 0.4) is 0 Å². The van der Waals surface area contributed by atoms with Crippen LogP contribution in [-0.2, 0) is 20.9 Å². The summed E-state index contributed by atoms with van der Waals surface area (Å²) >= 11 is 0. The normalized spacial score (nSPS) is 10.7. The average Bonchev–Trinajstić information content (AvgIpc) is 2.73. The molecule has 9 heteroatoms. The highest BCUT2D eigenvalue weighted by Crippen LogP contribution is 2.14. The predicted octanol–water partition coefficient (Wildman–Crippen LogP) is 1.21. The third-order valence-corrected chi connectivity index (χ3v) is 4.90. The second-order valence-electron chi connectivity index (χ2n) is 6.84. The molecule has 0 aliphatic rings. The number of rotatable bonds is 8. The summed E-state index contributed by atoms with van der Waals surface area (Å²) in [5.74, 6) is -1.32. The van der Waals surface area contributed by atoms with Gasteiger partial charge in [0.15, 0.2) is 6.61 Å². The van der Waals surface area contributed by atoms with E-state index < -0.39 is 18.5 Å². The number of aryl methyl sites for hydroxylation is 2. The summed E-state index contributed by atoms with van der Waals surface area (Å²) in [5.41, 5.74) is 1.51. The number of fused-ring (bicyclic) bond motifs is 1. The molecule has 1 aromatic heterocycles. The molecule has 0 atom stereocenters. The van der Waals surface area contributed by atoms with E-state index >= 15 is 0 Å². The van der Waals surface area contributed by atoms with Crippen molar-refractivity contribution in [1.82, 2.24) is 19.4 Å². The molecule has 0 saturated carbocycles. The van der Waals surface area contributed by atoms with E-state index in [1.54, 1.807) is 22.5 Å². The van der Waals surface area contributed by atoms with Gasteiger partial charge in [0.25, 0.3) is 11.5 Å². The van der Waals surface area contributed by atoms with Gasteiger partial charge in [-0.1, -0.05) is 0 Å². The van der Waals surface area contributed by atoms with Crippen LogP contribution in [0.1, 0.15) is 36.8 Å². The van der Waals surface area contributed by atoms with Gasteiger partial charge in [0.2, 0.25) is 5.91 Å². The quantitative estimate of drug-likeness (QED) is 0.600. The van der Waals surface area contributed by atoms with Crippen molar-refractivity contribution in [3.05, 3.63) is 39.8 Å². The molecule has 1 heterocycles. The van der Waals surface area contributed by atoms with Crippen molar-refractivity contribution in [1.29, 1.82) is 0 Å². The van der Waals surface area contributed by atoms with E-state index in [2.05, 4.69) is 4.98 Å². The Morgan fingerprint density at radius 3 is 2.37 bits per heavy atom. The smallest absolute Gasteiger partial charge is 0.338 e. The summed E-state index contributed by atoms with van der Waals surface area (Å²) in [5, 5.41) is 0. The van der Waals surface area contributed by atoms with Crippen LogP contribution in [0.4, 0.5) is 0 Å². The standard InChI is InChI=1S/C21H28N4O5/c1-6-24(7-2)18(26)12-23(5)19(27)13-30-21(29)15-9-10-17-16(11-15)22-14(4)20(28)25(17)8-3/h9-11H,6-8,12-13H2,1-5H3. The van der Waals surface area contributed by atoms with Gasteiger partial charge in [-0.25, -0.2) is 9.78 Å². The number of carbonyl (C=O) groups excluding carboxylic acids is 3. The Hall–Kier alpha value is -3.23. The Morgan fingerprint density at radius 1 is 1.10 bits per heavy atom. The van der Waals surface area contributed by atoms with Crippen molar-refractivity contribution in [3.8, 4) is 0 Å². The number of benzene rings is 1. The highest BCUT2D eigenvalue weighted by Gasteiger charge is 2.19. The maximum absolute atomic E-state index is 12.4. The van der Waals surface area contributed by atoms with Crippen LogP contribution in [0.5, 0.6) is 0 Å². The Kier molecular flexibility index (Phi) is 7.68. The molecular formula is C21H28N4O5. The van der Waals surface area contributed by atoms with Crippen LogP contribution in [0, 0.1) is 6.92 Å². The number of hydrogen-bond donors (Lipinski definition) is 0. The van der Waals surface area contributed by atoms with Gasteiger partial charge in [0.05, 0.1) is 23.1 Å². The minimum Gasteiger partial charge on any atom is -0.452 e. The first-order chi connectivity index (χ1) is 14.2. The fraction of sp³-hybridized carbons (Fsp3) is 0.476. The Labute approximate surface area is 175 Å². The fourth-order valence-corrected chi connectivity index (χ4v) is 3.10. The van der Waals surface area contributed by atoms with E-state index in [4.69, 9.17) is 4.74 Å². The van der Waals surface area contributed by atoms with Gasteiger partial charge in [-0.2, -0.15) is 0 Å². The first kappa shape index (κ1) is 23.1. The first-order valence-electron chi connectivity index (χ1n) is 9.93. The lowest BCUT2D eigenvalue weighted by Crippen LogP contribution is -2.42. The lowest BCUT2D eigenvalue weighted by molar-refractivity contribution is -0.140. The Bertz CT molecular complexity index is 1010. The molecule has 0 spiro atoms. The number of likely N-dealkylation sites (N-methyl/N-ethyl adjacent to an activating group) is 2. The fourth-order valence-electron chi connectivity index (χ4n) is 3.10. The van der Waals surface area contributed by atoms with Gasteiger partial charge in [-0.3, -0.25) is 14.4 Å². The summed E-state index contributed by atoms with van der Waals surface area (Å²) in [6.45, 7) is 8.26. The zero-order valence-corrected chi connectivity index (χ0v) is 18.1. The number of carbonyl (C=O) groups is 3. The summed E-state index contributed by atoms with van der Waals surface area (Å²) in [4.78, 5) is 56.0. The van der Waals surface area contributed by atoms with Gasteiger partial charge in [0.1, 0.15) is 5.69 Å². The largest absolute Gasteiger partial charge is 0.452 e. The molecule has 0 unspecified atom stereocenters. The molecule has 0 aliphatic carbocycles. The molecule has 0 saturated heterocycles. The molecule has 30 heavy (non-hydrogen) atoms. The lowest BCUT2D eigenvalue weighted by atomic mass is 10.2. The zero-order valence-electron chi connectivity index (χ0n) is 18.1. The monoisotopic (exact) mass is 416 g/mol. The summed E-state index contributed by atoms with van der Waals surface area (Å²) < 4.78 is 6.70. The van der Waals surface area contributed by atoms with Gasteiger partial charge in [-0.05, 0) is 45.9 Å². The summed E-state index contributed by atoms with van der Waals surface area (Å²) in [7, 11) is 1.49. The van der Waals surface area contributed by atoms with Gasteiger partial charge in [-0.15, -0.1) is 0 Å². The van der Waals surface area contributed by atoms with Crippen LogP contribution in [-0.4, -0.2) is 70.4 Å². The number of amides is 2. The summed E-state index contributed by atoms with van der Waals surface area (Å²) in [6, 6.07) is 4.71. The van der Waals surface area contributed by atoms with Crippen LogP contribution >= 0.6 is 0 Å². The summed E-state index contributed by atoms with van der Waals surface area (Å²) in [6.07, 6.45) is 0. The molecule has 0 N–H and O–H groups in total. The number of esters is 1. The first-order valence-corrected chi connectivity index (χ1v) is 9.93. The number of nitrogens with zero attached hydrogens (tertiary/aromatic N) is 4. The third kappa shape index (κ3) is 5.03. The molecule has 0 aliphatic heterocycles. The van der Waals surface area contributed by atoms with Crippen LogP contribution < -0.4 is 5.56 Å². The highest BCUT2D eigenvalue weighted by molar-refractivity contribution is 5.95. The van der Waals surface area contributed by atoms with Crippen molar-refractivity contribution in [2.24, 2.45) is 0 Å². The molecule has 2 amide bonds. The Morgan fingerprint density at radius 2 is 1.77 bits per heavy atom. The number of aromatic nitrogens is 2. The molecule has 1 aromatic carbocycles. The number of hydrogen-bond acceptors (Lipinski definition) is 6. The van der Waals surface area contributed by atoms with Crippen molar-refractivity contribution in [2.45, 2.75) is 34.2 Å². The second kappa shape index (κ2) is 10.00. The van der Waals surface area contributed by atoms with Crippen molar-refractivity contribution in [3.63, 3.8) is 0 Å². The Balaban J connectivity index is 2.06. The third-order valence-electron chi connectivity index (χ3n) is 4.90. The van der Waals surface area contributed by atoms with Crippen LogP contribution in [0.15, 0.2) is 23.0 Å². The van der Waals surface area contributed by atoms with Gasteiger partial charge >= 0.3 is 5.97 Å². The topological polar surface area (TPSA) is 102 Å². The molecule has 0 fully saturated rings. The van der Waals surface area contributed by atoms with E-state index in [1.165, 1.54) is 24.1 Å². The van der Waals surface area contributed by atoms with E-state index in [1.807, 2.05) is 20.8 Å². The zero-order chi connectivity index (χ0) is 22.4. The van der Waals surface area contributed by atoms with Crippen LogP contribution in [0.25, 0.3) is 11.0 Å². The van der Waals surface area contributed by atoms with E-state index in [9.17, 15) is 19.2 Å². The molecule has 0 radical (unpaired) electrons. The minimum absolute atomic E-state index is 0.0776. The van der Waals surface area contributed by atoms with E-state index in [0.717, 1.165) is 0 Å². The minimum atomic E-state index is -0.678. The molecular weight excluding hydrogens is 388 g/mol. The second-order valence-corrected chi connectivity index (χ2v) is 6.84. The van der Waals surface area contributed by atoms with Crippen molar-refractivity contribution >= 4 is 28.8 Å².